The van der Waals surface area contributed by atoms with E-state index in [0.29, 0.717) is 13.0 Å². The van der Waals surface area contributed by atoms with E-state index in [1.807, 2.05) is 18.2 Å². The van der Waals surface area contributed by atoms with E-state index < -0.39 is 0 Å². The number of nitrogens with one attached hydrogen (secondary N) is 1. The first-order chi connectivity index (χ1) is 8.74. The van der Waals surface area contributed by atoms with Crippen LogP contribution in [-0.4, -0.2) is 30.9 Å². The largest absolute Gasteiger partial charge is 0.385 e. The van der Waals surface area contributed by atoms with Gasteiger partial charge in [0.2, 0.25) is 0 Å². The Morgan fingerprint density at radius 2 is 2.39 bits per heavy atom. The van der Waals surface area contributed by atoms with E-state index in [-0.39, 0.29) is 5.91 Å². The SMILES string of the molecule is CN(CCC#N)C(=O)c1cccc2c1CCCN2. The minimum Gasteiger partial charge on any atom is -0.385 e. The van der Waals surface area contributed by atoms with Crippen LogP contribution in [0.3, 0.4) is 0 Å². The summed E-state index contributed by atoms with van der Waals surface area (Å²) < 4.78 is 0. The summed E-state index contributed by atoms with van der Waals surface area (Å²) in [7, 11) is 1.75. The van der Waals surface area contributed by atoms with Crippen molar-refractivity contribution >= 4 is 11.6 Å². The Kier molecular flexibility index (Phi) is 3.83. The van der Waals surface area contributed by atoms with Crippen molar-refractivity contribution in [3.63, 3.8) is 0 Å². The number of hydrogen-bond donors (Lipinski definition) is 1. The van der Waals surface area contributed by atoms with Crippen LogP contribution in [0.1, 0.15) is 28.8 Å². The van der Waals surface area contributed by atoms with E-state index >= 15 is 0 Å². The molecule has 1 aromatic carbocycles. The average Bonchev–Trinajstić information content (AvgIpc) is 2.43. The van der Waals surface area contributed by atoms with Crippen molar-refractivity contribution in [2.24, 2.45) is 0 Å². The zero-order valence-electron chi connectivity index (χ0n) is 10.6. The summed E-state index contributed by atoms with van der Waals surface area (Å²) in [6, 6.07) is 7.85. The molecule has 1 aromatic rings. The van der Waals surface area contributed by atoms with Gasteiger partial charge in [-0.15, -0.1) is 0 Å². The highest BCUT2D eigenvalue weighted by Crippen LogP contribution is 2.26. The molecule has 1 heterocycles. The van der Waals surface area contributed by atoms with Gasteiger partial charge in [0.15, 0.2) is 0 Å². The molecular weight excluding hydrogens is 226 g/mol. The van der Waals surface area contributed by atoms with E-state index in [1.165, 1.54) is 0 Å². The number of benzene rings is 1. The second-order valence-corrected chi connectivity index (χ2v) is 4.50. The lowest BCUT2D eigenvalue weighted by Gasteiger charge is -2.23. The maximum atomic E-state index is 12.3. The van der Waals surface area contributed by atoms with Crippen LogP contribution in [0.4, 0.5) is 5.69 Å². The monoisotopic (exact) mass is 243 g/mol. The summed E-state index contributed by atoms with van der Waals surface area (Å²) >= 11 is 0. The van der Waals surface area contributed by atoms with Gasteiger partial charge < -0.3 is 10.2 Å². The molecule has 94 valence electrons. The Hall–Kier alpha value is -2.02. The van der Waals surface area contributed by atoms with Crippen LogP contribution < -0.4 is 5.32 Å². The highest BCUT2D eigenvalue weighted by Gasteiger charge is 2.19. The van der Waals surface area contributed by atoms with Gasteiger partial charge in [0.1, 0.15) is 0 Å². The standard InChI is InChI=1S/C14H17N3O/c1-17(10-4-8-15)14(18)12-5-2-7-13-11(12)6-3-9-16-13/h2,5,7,16H,3-4,6,9-10H2,1H3. The van der Waals surface area contributed by atoms with Crippen molar-refractivity contribution < 1.29 is 4.79 Å². The van der Waals surface area contributed by atoms with E-state index in [4.69, 9.17) is 5.26 Å². The lowest BCUT2D eigenvalue weighted by molar-refractivity contribution is 0.0797. The quantitative estimate of drug-likeness (QED) is 0.883. The maximum absolute atomic E-state index is 12.3. The van der Waals surface area contributed by atoms with Gasteiger partial charge in [0.05, 0.1) is 12.5 Å². The fraction of sp³-hybridized carbons (Fsp3) is 0.429. The second-order valence-electron chi connectivity index (χ2n) is 4.50. The summed E-state index contributed by atoms with van der Waals surface area (Å²) in [4.78, 5) is 13.9. The van der Waals surface area contributed by atoms with E-state index in [9.17, 15) is 4.79 Å². The van der Waals surface area contributed by atoms with Crippen molar-refractivity contribution in [3.05, 3.63) is 29.3 Å². The smallest absolute Gasteiger partial charge is 0.253 e. The Labute approximate surface area is 107 Å². The van der Waals surface area contributed by atoms with Gasteiger partial charge in [0.25, 0.3) is 5.91 Å². The van der Waals surface area contributed by atoms with Gasteiger partial charge in [0, 0.05) is 31.4 Å². The van der Waals surface area contributed by atoms with Gasteiger partial charge in [-0.05, 0) is 30.5 Å². The minimum absolute atomic E-state index is 0.00537. The van der Waals surface area contributed by atoms with Gasteiger partial charge in [-0.25, -0.2) is 0 Å². The molecule has 1 amide bonds. The fourth-order valence-corrected chi connectivity index (χ4v) is 2.24. The van der Waals surface area contributed by atoms with Crippen molar-refractivity contribution in [3.8, 4) is 6.07 Å². The number of anilines is 1. The highest BCUT2D eigenvalue weighted by atomic mass is 16.2. The Bertz CT molecular complexity index is 490. The van der Waals surface area contributed by atoms with Gasteiger partial charge in [-0.2, -0.15) is 5.26 Å². The normalized spacial score (nSPS) is 13.1. The number of nitriles is 1. The third kappa shape index (κ3) is 2.45. The Morgan fingerprint density at radius 3 is 3.17 bits per heavy atom. The molecule has 1 aliphatic heterocycles. The first kappa shape index (κ1) is 12.4. The predicted molar refractivity (Wildman–Crippen MR) is 70.4 cm³/mol. The number of rotatable bonds is 3. The van der Waals surface area contributed by atoms with Gasteiger partial charge in [-0.1, -0.05) is 6.07 Å². The lowest BCUT2D eigenvalue weighted by atomic mass is 9.97. The molecule has 0 aromatic heterocycles. The molecule has 0 fully saturated rings. The van der Waals surface area contributed by atoms with Crippen LogP contribution >= 0.6 is 0 Å². The topological polar surface area (TPSA) is 56.1 Å². The molecular formula is C14H17N3O. The van der Waals surface area contributed by atoms with Crippen LogP contribution in [0.15, 0.2) is 18.2 Å². The molecule has 0 saturated carbocycles. The summed E-state index contributed by atoms with van der Waals surface area (Å²) in [5.74, 6) is 0.00537. The van der Waals surface area contributed by atoms with Crippen LogP contribution in [-0.2, 0) is 6.42 Å². The number of amides is 1. The van der Waals surface area contributed by atoms with Gasteiger partial charge >= 0.3 is 0 Å². The fourth-order valence-electron chi connectivity index (χ4n) is 2.24. The molecule has 1 N–H and O–H groups in total. The molecule has 0 spiro atoms. The molecule has 0 bridgehead atoms. The van der Waals surface area contributed by atoms with E-state index in [1.54, 1.807) is 11.9 Å². The molecule has 0 radical (unpaired) electrons. The first-order valence-electron chi connectivity index (χ1n) is 6.22. The highest BCUT2D eigenvalue weighted by molar-refractivity contribution is 5.97. The van der Waals surface area contributed by atoms with Crippen LogP contribution in [0.2, 0.25) is 0 Å². The van der Waals surface area contributed by atoms with Crippen molar-refractivity contribution in [2.75, 3.05) is 25.5 Å². The molecule has 0 aliphatic carbocycles. The van der Waals surface area contributed by atoms with E-state index in [0.717, 1.165) is 36.2 Å². The summed E-state index contributed by atoms with van der Waals surface area (Å²) in [5.41, 5.74) is 2.94. The number of fused-ring (bicyclic) bond motifs is 1. The number of nitrogens with zero attached hydrogens (tertiary/aromatic N) is 2. The molecule has 4 heteroatoms. The van der Waals surface area contributed by atoms with Crippen molar-refractivity contribution in [1.29, 1.82) is 5.26 Å². The summed E-state index contributed by atoms with van der Waals surface area (Å²) in [6.45, 7) is 1.45. The number of carbonyl (C=O) groups excluding carboxylic acids is 1. The molecule has 4 nitrogen and oxygen atoms in total. The maximum Gasteiger partial charge on any atom is 0.253 e. The van der Waals surface area contributed by atoms with E-state index in [2.05, 4.69) is 11.4 Å². The molecule has 0 saturated heterocycles. The Balaban J connectivity index is 2.23. The van der Waals surface area contributed by atoms with Crippen LogP contribution in [0, 0.1) is 11.3 Å². The van der Waals surface area contributed by atoms with Gasteiger partial charge in [-0.3, -0.25) is 4.79 Å². The Morgan fingerprint density at radius 1 is 1.56 bits per heavy atom. The number of hydrogen-bond acceptors (Lipinski definition) is 3. The lowest BCUT2D eigenvalue weighted by Crippen LogP contribution is -2.29. The third-order valence-electron chi connectivity index (χ3n) is 3.23. The molecule has 0 unspecified atom stereocenters. The van der Waals surface area contributed by atoms with Crippen LogP contribution in [0.25, 0.3) is 0 Å². The molecule has 0 atom stereocenters. The zero-order valence-corrected chi connectivity index (χ0v) is 10.6. The summed E-state index contributed by atoms with van der Waals surface area (Å²) in [5, 5.41) is 11.9. The second kappa shape index (κ2) is 5.54. The molecule has 18 heavy (non-hydrogen) atoms. The minimum atomic E-state index is 0.00537. The average molecular weight is 243 g/mol. The third-order valence-corrected chi connectivity index (χ3v) is 3.23. The zero-order chi connectivity index (χ0) is 13.0. The summed E-state index contributed by atoms with van der Waals surface area (Å²) in [6.07, 6.45) is 2.37. The predicted octanol–water partition coefficient (Wildman–Crippen LogP) is 2.03. The first-order valence-corrected chi connectivity index (χ1v) is 6.22. The molecule has 1 aliphatic rings. The van der Waals surface area contributed by atoms with Crippen LogP contribution in [0.5, 0.6) is 0 Å². The number of carbonyl (C=O) groups is 1. The van der Waals surface area contributed by atoms with Crippen molar-refractivity contribution in [2.45, 2.75) is 19.3 Å². The van der Waals surface area contributed by atoms with Crippen molar-refractivity contribution in [1.82, 2.24) is 4.90 Å². The molecule has 2 rings (SSSR count).